The van der Waals surface area contributed by atoms with Crippen LogP contribution in [-0.2, 0) is 10.0 Å². The van der Waals surface area contributed by atoms with Gasteiger partial charge in [-0.05, 0) is 42.0 Å². The summed E-state index contributed by atoms with van der Waals surface area (Å²) in [5, 5.41) is 2.82. The van der Waals surface area contributed by atoms with Crippen molar-refractivity contribution in [3.05, 3.63) is 28.2 Å². The van der Waals surface area contributed by atoms with E-state index in [0.717, 1.165) is 6.07 Å². The van der Waals surface area contributed by atoms with Gasteiger partial charge >= 0.3 is 0 Å². The van der Waals surface area contributed by atoms with Crippen molar-refractivity contribution >= 4 is 38.4 Å². The highest BCUT2D eigenvalue weighted by atomic mass is 79.9. The topological polar surface area (TPSA) is 58.2 Å². The van der Waals surface area contributed by atoms with Gasteiger partial charge in [-0.3, -0.25) is 0 Å². The minimum Gasteiger partial charge on any atom is -0.316 e. The Hall–Kier alpha value is -0.280. The summed E-state index contributed by atoms with van der Waals surface area (Å²) < 4.78 is 52.4. The smallest absolute Gasteiger partial charge is 0.243 e. The summed E-state index contributed by atoms with van der Waals surface area (Å²) in [5.74, 6) is -1.84. The molecule has 0 aliphatic heterocycles. The van der Waals surface area contributed by atoms with E-state index in [4.69, 9.17) is 0 Å². The van der Waals surface area contributed by atoms with Crippen molar-refractivity contribution in [1.82, 2.24) is 10.0 Å². The van der Waals surface area contributed by atoms with Gasteiger partial charge in [0.05, 0.1) is 4.47 Å². The third-order valence-corrected chi connectivity index (χ3v) is 4.38. The van der Waals surface area contributed by atoms with Crippen LogP contribution in [-0.4, -0.2) is 28.1 Å². The number of sulfonamides is 1. The molecule has 110 valence electrons. The molecule has 0 saturated carbocycles. The summed E-state index contributed by atoms with van der Waals surface area (Å²) in [6.07, 6.45) is 0. The van der Waals surface area contributed by atoms with Crippen LogP contribution in [0.1, 0.15) is 6.92 Å². The molecule has 0 radical (unpaired) electrons. The van der Waals surface area contributed by atoms with Crippen LogP contribution in [0, 0.1) is 11.6 Å². The molecule has 1 atom stereocenters. The van der Waals surface area contributed by atoms with Crippen molar-refractivity contribution in [3.8, 4) is 0 Å². The highest BCUT2D eigenvalue weighted by molar-refractivity contribution is 9.10. The summed E-state index contributed by atoms with van der Waals surface area (Å²) in [5.41, 5.74) is 0. The zero-order valence-corrected chi connectivity index (χ0v) is 13.4. The second-order valence-electron chi connectivity index (χ2n) is 3.74. The zero-order chi connectivity index (χ0) is 13.9. The molecule has 0 heterocycles. The van der Waals surface area contributed by atoms with E-state index in [1.165, 1.54) is 0 Å². The third-order valence-electron chi connectivity index (χ3n) is 2.34. The summed E-state index contributed by atoms with van der Waals surface area (Å²) in [7, 11) is -2.40. The van der Waals surface area contributed by atoms with Gasteiger partial charge < -0.3 is 5.32 Å². The molecule has 19 heavy (non-hydrogen) atoms. The maximum Gasteiger partial charge on any atom is 0.243 e. The number of nitrogens with one attached hydrogen (secondary N) is 2. The fourth-order valence-corrected chi connectivity index (χ4v) is 2.64. The number of benzene rings is 1. The third kappa shape index (κ3) is 4.96. The first-order valence-corrected chi connectivity index (χ1v) is 7.37. The van der Waals surface area contributed by atoms with E-state index in [9.17, 15) is 17.2 Å². The molecule has 0 aromatic heterocycles. The van der Waals surface area contributed by atoms with E-state index in [1.807, 2.05) is 0 Å². The summed E-state index contributed by atoms with van der Waals surface area (Å²) in [6, 6.07) is 1.31. The minimum atomic E-state index is -4.06. The number of hydrogen-bond acceptors (Lipinski definition) is 3. The number of hydrogen-bond donors (Lipinski definition) is 2. The van der Waals surface area contributed by atoms with E-state index in [2.05, 4.69) is 26.0 Å². The number of halogens is 4. The van der Waals surface area contributed by atoms with Crippen molar-refractivity contribution < 1.29 is 17.2 Å². The fraction of sp³-hybridized carbons (Fsp3) is 0.400. The maximum atomic E-state index is 13.5. The van der Waals surface area contributed by atoms with E-state index in [-0.39, 0.29) is 29.5 Å². The Kier molecular flexibility index (Phi) is 7.38. The summed E-state index contributed by atoms with van der Waals surface area (Å²) in [6.45, 7) is 1.83. The van der Waals surface area contributed by atoms with Crippen LogP contribution < -0.4 is 10.0 Å². The van der Waals surface area contributed by atoms with Crippen LogP contribution in [0.4, 0.5) is 8.78 Å². The lowest BCUT2D eigenvalue weighted by Crippen LogP contribution is -2.37. The van der Waals surface area contributed by atoms with E-state index in [1.54, 1.807) is 14.0 Å². The van der Waals surface area contributed by atoms with Crippen LogP contribution in [0.15, 0.2) is 21.5 Å². The van der Waals surface area contributed by atoms with Gasteiger partial charge in [0.15, 0.2) is 0 Å². The van der Waals surface area contributed by atoms with Crippen LogP contribution in [0.5, 0.6) is 0 Å². The van der Waals surface area contributed by atoms with Crippen molar-refractivity contribution in [1.29, 1.82) is 0 Å². The minimum absolute atomic E-state index is 0. The molecule has 0 spiro atoms. The Balaban J connectivity index is 0.00000324. The Morgan fingerprint density at radius 3 is 2.42 bits per heavy atom. The molecule has 0 saturated heterocycles. The van der Waals surface area contributed by atoms with Crippen molar-refractivity contribution in [2.24, 2.45) is 0 Å². The number of likely N-dealkylation sites (N-methyl/N-ethyl adjacent to an activating group) is 1. The second-order valence-corrected chi connectivity index (χ2v) is 6.33. The Morgan fingerprint density at radius 1 is 1.32 bits per heavy atom. The van der Waals surface area contributed by atoms with Gasteiger partial charge in [0.2, 0.25) is 10.0 Å². The Bertz CT molecular complexity index is 543. The van der Waals surface area contributed by atoms with Gasteiger partial charge in [-0.15, -0.1) is 12.4 Å². The SMILES string of the molecule is CNC(C)CNS(=O)(=O)c1cc(F)c(Br)cc1F.Cl. The predicted molar refractivity (Wildman–Crippen MR) is 75.0 cm³/mol. The summed E-state index contributed by atoms with van der Waals surface area (Å²) >= 11 is 2.78. The first-order valence-electron chi connectivity index (χ1n) is 5.09. The van der Waals surface area contributed by atoms with Gasteiger partial charge in [-0.1, -0.05) is 0 Å². The lowest BCUT2D eigenvalue weighted by molar-refractivity contribution is 0.532. The Labute approximate surface area is 125 Å². The molecule has 0 bridgehead atoms. The molecular formula is C10H14BrClF2N2O2S. The van der Waals surface area contributed by atoms with E-state index in [0.29, 0.717) is 6.07 Å². The first kappa shape index (κ1) is 18.7. The van der Waals surface area contributed by atoms with E-state index >= 15 is 0 Å². The molecule has 0 fully saturated rings. The average Bonchev–Trinajstić information content (AvgIpc) is 2.30. The quantitative estimate of drug-likeness (QED) is 0.770. The largest absolute Gasteiger partial charge is 0.316 e. The molecule has 2 N–H and O–H groups in total. The van der Waals surface area contributed by atoms with Gasteiger partial charge in [0.1, 0.15) is 16.5 Å². The molecule has 4 nitrogen and oxygen atoms in total. The predicted octanol–water partition coefficient (Wildman–Crippen LogP) is 2.04. The van der Waals surface area contributed by atoms with E-state index < -0.39 is 26.6 Å². The maximum absolute atomic E-state index is 13.5. The normalized spacial score (nSPS) is 12.9. The monoisotopic (exact) mass is 378 g/mol. The van der Waals surface area contributed by atoms with Crippen molar-refractivity contribution in [2.45, 2.75) is 17.9 Å². The van der Waals surface area contributed by atoms with Gasteiger partial charge in [-0.2, -0.15) is 0 Å². The average molecular weight is 380 g/mol. The highest BCUT2D eigenvalue weighted by Gasteiger charge is 2.21. The van der Waals surface area contributed by atoms with Crippen molar-refractivity contribution in [2.75, 3.05) is 13.6 Å². The molecule has 1 aromatic rings. The standard InChI is InChI=1S/C10H13BrF2N2O2S.ClH/c1-6(14-2)5-15-18(16,17)10-4-8(12)7(11)3-9(10)13;/h3-4,6,14-15H,5H2,1-2H3;1H. The lowest BCUT2D eigenvalue weighted by atomic mass is 10.3. The second kappa shape index (κ2) is 7.49. The molecule has 0 amide bonds. The Morgan fingerprint density at radius 2 is 1.89 bits per heavy atom. The van der Waals surface area contributed by atoms with Gasteiger partial charge in [-0.25, -0.2) is 21.9 Å². The molecule has 1 rings (SSSR count). The molecular weight excluding hydrogens is 366 g/mol. The zero-order valence-electron chi connectivity index (χ0n) is 10.2. The van der Waals surface area contributed by atoms with Crippen LogP contribution in [0.3, 0.4) is 0 Å². The molecule has 9 heteroatoms. The van der Waals surface area contributed by atoms with Gasteiger partial charge in [0, 0.05) is 12.6 Å². The van der Waals surface area contributed by atoms with Crippen molar-refractivity contribution in [3.63, 3.8) is 0 Å². The van der Waals surface area contributed by atoms with Crippen LogP contribution in [0.2, 0.25) is 0 Å². The number of rotatable bonds is 5. The molecule has 1 aromatic carbocycles. The molecule has 1 unspecified atom stereocenters. The molecule has 0 aliphatic carbocycles. The summed E-state index contributed by atoms with van der Waals surface area (Å²) in [4.78, 5) is -0.702. The fourth-order valence-electron chi connectivity index (χ4n) is 1.12. The van der Waals surface area contributed by atoms with Crippen LogP contribution in [0.25, 0.3) is 0 Å². The first-order chi connectivity index (χ1) is 8.27. The molecule has 0 aliphatic rings. The van der Waals surface area contributed by atoms with Gasteiger partial charge in [0.25, 0.3) is 0 Å². The highest BCUT2D eigenvalue weighted by Crippen LogP contribution is 2.22. The lowest BCUT2D eigenvalue weighted by Gasteiger charge is -2.12. The van der Waals surface area contributed by atoms with Crippen LogP contribution >= 0.6 is 28.3 Å².